The molecule has 9 nitrogen and oxygen atoms in total. The maximum absolute atomic E-state index is 13.2. The molecule has 1 fully saturated rings. The van der Waals surface area contributed by atoms with E-state index in [1.807, 2.05) is 12.1 Å². The quantitative estimate of drug-likeness (QED) is 0.156. The van der Waals surface area contributed by atoms with Crippen LogP contribution in [0, 0.1) is 0 Å². The molecule has 41 heavy (non-hydrogen) atoms. The molecular formula is C31H31BrN2O7. The average molecular weight is 624 g/mol. The van der Waals surface area contributed by atoms with Crippen LogP contribution >= 0.6 is 15.9 Å². The lowest BCUT2D eigenvalue weighted by atomic mass is 9.99. The van der Waals surface area contributed by atoms with Gasteiger partial charge in [0.25, 0.3) is 11.8 Å². The summed E-state index contributed by atoms with van der Waals surface area (Å²) in [6.07, 6.45) is 2.47. The fourth-order valence-electron chi connectivity index (χ4n) is 4.18. The summed E-state index contributed by atoms with van der Waals surface area (Å²) in [5.41, 5.74) is 1.84. The lowest BCUT2D eigenvalue weighted by Crippen LogP contribution is -2.54. The van der Waals surface area contributed by atoms with Crippen molar-refractivity contribution >= 4 is 45.5 Å². The number of amides is 4. The van der Waals surface area contributed by atoms with Crippen LogP contribution in [0.3, 0.4) is 0 Å². The third-order valence-corrected chi connectivity index (χ3v) is 7.24. The number of nitrogens with one attached hydrogen (secondary N) is 1. The van der Waals surface area contributed by atoms with Crippen LogP contribution < -0.4 is 29.2 Å². The Morgan fingerprint density at radius 3 is 2.20 bits per heavy atom. The Morgan fingerprint density at radius 2 is 1.56 bits per heavy atom. The minimum atomic E-state index is -0.835. The molecule has 1 aliphatic rings. The van der Waals surface area contributed by atoms with Gasteiger partial charge in [0.15, 0.2) is 11.5 Å². The first kappa shape index (κ1) is 29.7. The van der Waals surface area contributed by atoms with Crippen LogP contribution in [-0.2, 0) is 9.59 Å². The molecule has 0 bridgehead atoms. The summed E-state index contributed by atoms with van der Waals surface area (Å²) in [6, 6.07) is 16.9. The molecule has 1 atom stereocenters. The van der Waals surface area contributed by atoms with E-state index in [1.165, 1.54) is 25.9 Å². The summed E-state index contributed by atoms with van der Waals surface area (Å²) < 4.78 is 22.9. The number of barbiturate groups is 1. The number of benzene rings is 3. The molecule has 0 saturated carbocycles. The zero-order valence-electron chi connectivity index (χ0n) is 23.2. The number of hydrogen-bond donors (Lipinski definition) is 1. The van der Waals surface area contributed by atoms with Crippen molar-refractivity contribution < 1.29 is 33.3 Å². The van der Waals surface area contributed by atoms with Gasteiger partial charge in [-0.3, -0.25) is 14.9 Å². The molecule has 10 heteroatoms. The van der Waals surface area contributed by atoms with E-state index < -0.39 is 17.8 Å². The molecule has 0 aliphatic carbocycles. The van der Waals surface area contributed by atoms with Gasteiger partial charge in [0.1, 0.15) is 30.3 Å². The summed E-state index contributed by atoms with van der Waals surface area (Å²) >= 11 is 3.49. The Morgan fingerprint density at radius 1 is 0.902 bits per heavy atom. The Balaban J connectivity index is 1.47. The minimum Gasteiger partial charge on any atom is -0.497 e. The predicted octanol–water partition coefficient (Wildman–Crippen LogP) is 6.10. The lowest BCUT2D eigenvalue weighted by Gasteiger charge is -2.26. The normalized spacial score (nSPS) is 15.0. The Labute approximate surface area is 247 Å². The van der Waals surface area contributed by atoms with Gasteiger partial charge in [-0.25, -0.2) is 9.69 Å². The lowest BCUT2D eigenvalue weighted by molar-refractivity contribution is -0.122. The maximum atomic E-state index is 13.2. The van der Waals surface area contributed by atoms with E-state index in [0.717, 1.165) is 17.1 Å². The van der Waals surface area contributed by atoms with Crippen molar-refractivity contribution in [2.75, 3.05) is 32.3 Å². The highest BCUT2D eigenvalue weighted by Gasteiger charge is 2.37. The molecule has 4 amide bonds. The van der Waals surface area contributed by atoms with Crippen LogP contribution in [0.15, 0.2) is 70.7 Å². The van der Waals surface area contributed by atoms with Crippen LogP contribution in [0.1, 0.15) is 37.3 Å². The van der Waals surface area contributed by atoms with E-state index in [2.05, 4.69) is 47.2 Å². The molecule has 3 aromatic rings. The summed E-state index contributed by atoms with van der Waals surface area (Å²) in [5, 5.41) is 2.22. The Kier molecular flexibility index (Phi) is 9.67. The van der Waals surface area contributed by atoms with Crippen molar-refractivity contribution in [1.29, 1.82) is 0 Å². The largest absolute Gasteiger partial charge is 0.497 e. The van der Waals surface area contributed by atoms with E-state index in [9.17, 15) is 14.4 Å². The number of methoxy groups -OCH3 is 2. The van der Waals surface area contributed by atoms with Crippen molar-refractivity contribution in [3.63, 3.8) is 0 Å². The van der Waals surface area contributed by atoms with Gasteiger partial charge in [-0.1, -0.05) is 26.0 Å². The van der Waals surface area contributed by atoms with E-state index in [-0.39, 0.29) is 12.2 Å². The summed E-state index contributed by atoms with van der Waals surface area (Å²) in [5.74, 6) is 1.09. The molecule has 0 radical (unpaired) electrons. The highest BCUT2D eigenvalue weighted by atomic mass is 79.9. The molecule has 1 heterocycles. The van der Waals surface area contributed by atoms with Crippen LogP contribution in [-0.4, -0.2) is 45.3 Å². The first-order valence-corrected chi connectivity index (χ1v) is 13.8. The van der Waals surface area contributed by atoms with Gasteiger partial charge in [-0.05, 0) is 94.0 Å². The average Bonchev–Trinajstić information content (AvgIpc) is 2.98. The SMILES string of the molecule is CCC(C)c1ccc(OCCOc2c(Br)cc(C=C3C(=O)NC(=O)N(c4ccc(OC)cc4)C3=O)cc2OC)cc1. The van der Waals surface area contributed by atoms with Crippen LogP contribution in [0.2, 0.25) is 0 Å². The number of nitrogens with zero attached hydrogens (tertiary/aromatic N) is 1. The maximum Gasteiger partial charge on any atom is 0.335 e. The number of rotatable bonds is 11. The fourth-order valence-corrected chi connectivity index (χ4v) is 4.76. The first-order chi connectivity index (χ1) is 19.7. The number of hydrogen-bond acceptors (Lipinski definition) is 7. The number of carbonyl (C=O) groups excluding carboxylic acids is 3. The summed E-state index contributed by atoms with van der Waals surface area (Å²) in [6.45, 7) is 4.92. The fraction of sp³-hybridized carbons (Fsp3) is 0.258. The van der Waals surface area contributed by atoms with E-state index in [0.29, 0.717) is 45.5 Å². The number of carbonyl (C=O) groups is 3. The van der Waals surface area contributed by atoms with Crippen LogP contribution in [0.25, 0.3) is 6.08 Å². The first-order valence-electron chi connectivity index (χ1n) is 13.0. The zero-order valence-corrected chi connectivity index (χ0v) is 24.8. The second-order valence-corrected chi connectivity index (χ2v) is 10.1. The molecule has 3 aromatic carbocycles. The summed E-state index contributed by atoms with van der Waals surface area (Å²) in [7, 11) is 3.00. The van der Waals surface area contributed by atoms with Crippen molar-refractivity contribution in [2.24, 2.45) is 0 Å². The molecular weight excluding hydrogens is 592 g/mol. The minimum absolute atomic E-state index is 0.212. The van der Waals surface area contributed by atoms with Gasteiger partial charge in [-0.2, -0.15) is 0 Å². The summed E-state index contributed by atoms with van der Waals surface area (Å²) in [4.78, 5) is 39.2. The van der Waals surface area contributed by atoms with Crippen molar-refractivity contribution in [2.45, 2.75) is 26.2 Å². The third-order valence-electron chi connectivity index (χ3n) is 6.66. The second kappa shape index (κ2) is 13.4. The highest BCUT2D eigenvalue weighted by Crippen LogP contribution is 2.37. The van der Waals surface area contributed by atoms with Gasteiger partial charge >= 0.3 is 6.03 Å². The number of anilines is 1. The molecule has 0 spiro atoms. The van der Waals surface area contributed by atoms with Gasteiger partial charge in [0.05, 0.1) is 24.4 Å². The van der Waals surface area contributed by atoms with Gasteiger partial charge in [0, 0.05) is 0 Å². The monoisotopic (exact) mass is 622 g/mol. The van der Waals surface area contributed by atoms with E-state index in [4.69, 9.17) is 18.9 Å². The molecule has 1 saturated heterocycles. The highest BCUT2D eigenvalue weighted by molar-refractivity contribution is 9.10. The zero-order chi connectivity index (χ0) is 29.5. The van der Waals surface area contributed by atoms with Crippen molar-refractivity contribution in [3.8, 4) is 23.0 Å². The Hall–Kier alpha value is -4.31. The van der Waals surface area contributed by atoms with E-state index >= 15 is 0 Å². The molecule has 0 aromatic heterocycles. The number of halogens is 1. The second-order valence-electron chi connectivity index (χ2n) is 9.27. The molecule has 214 valence electrons. The van der Waals surface area contributed by atoms with Crippen LogP contribution in [0.5, 0.6) is 23.0 Å². The smallest absolute Gasteiger partial charge is 0.335 e. The molecule has 1 N–H and O–H groups in total. The Bertz CT molecular complexity index is 1450. The van der Waals surface area contributed by atoms with Gasteiger partial charge < -0.3 is 18.9 Å². The standard InChI is InChI=1S/C31H31BrN2O7/c1-5-19(2)21-6-10-24(11-7-21)40-14-15-41-28-26(32)17-20(18-27(28)39-4)16-25-29(35)33-31(37)34(30(25)36)22-8-12-23(38-3)13-9-22/h6-13,16-19H,5,14-15H2,1-4H3,(H,33,35,37). The topological polar surface area (TPSA) is 103 Å². The number of ether oxygens (including phenoxy) is 4. The third kappa shape index (κ3) is 6.89. The van der Waals surface area contributed by atoms with Crippen LogP contribution in [0.4, 0.5) is 10.5 Å². The van der Waals surface area contributed by atoms with E-state index in [1.54, 1.807) is 36.4 Å². The molecule has 1 unspecified atom stereocenters. The molecule has 1 aliphatic heterocycles. The number of imide groups is 2. The van der Waals surface area contributed by atoms with Gasteiger partial charge in [-0.15, -0.1) is 0 Å². The number of urea groups is 1. The van der Waals surface area contributed by atoms with Crippen molar-refractivity contribution in [1.82, 2.24) is 5.32 Å². The van der Waals surface area contributed by atoms with Crippen molar-refractivity contribution in [3.05, 3.63) is 81.8 Å². The van der Waals surface area contributed by atoms with Gasteiger partial charge in [0.2, 0.25) is 0 Å². The predicted molar refractivity (Wildman–Crippen MR) is 159 cm³/mol. The molecule has 4 rings (SSSR count).